The number of anilines is 1. The average molecular weight is 304 g/mol. The van der Waals surface area contributed by atoms with E-state index in [0.29, 0.717) is 31.7 Å². The van der Waals surface area contributed by atoms with Crippen molar-refractivity contribution in [2.45, 2.75) is 37.9 Å². The minimum Gasteiger partial charge on any atom is -0.380 e. The van der Waals surface area contributed by atoms with Crippen LogP contribution in [0.5, 0.6) is 0 Å². The van der Waals surface area contributed by atoms with E-state index in [2.05, 4.69) is 5.32 Å². The Balaban J connectivity index is 2.00. The monoisotopic (exact) mass is 304 g/mol. The second-order valence-electron chi connectivity index (χ2n) is 5.29. The second kappa shape index (κ2) is 5.91. The molecule has 0 unspecified atom stereocenters. The molecule has 2 rings (SSSR count). The van der Waals surface area contributed by atoms with Gasteiger partial charge in [0.05, 0.1) is 11.3 Å². The summed E-state index contributed by atoms with van der Waals surface area (Å²) in [6, 6.07) is 2.36. The van der Waals surface area contributed by atoms with E-state index in [0.717, 1.165) is 12.1 Å². The Hall–Kier alpha value is -1.79. The number of benzene rings is 1. The van der Waals surface area contributed by atoms with Crippen LogP contribution in [0.2, 0.25) is 0 Å². The summed E-state index contributed by atoms with van der Waals surface area (Å²) in [5.41, 5.74) is 4.26. The third-order valence-corrected chi connectivity index (χ3v) is 3.79. The smallest absolute Gasteiger partial charge is 0.380 e. The van der Waals surface area contributed by atoms with E-state index < -0.39 is 17.6 Å². The Kier molecular flexibility index (Phi) is 4.39. The number of rotatable bonds is 3. The molecule has 0 heterocycles. The molecule has 0 saturated heterocycles. The van der Waals surface area contributed by atoms with Gasteiger partial charge in [0.15, 0.2) is 0 Å². The maximum absolute atomic E-state index is 13.7. The van der Waals surface area contributed by atoms with Gasteiger partial charge < -0.3 is 11.1 Å². The number of carbonyl (C=O) groups excluding carboxylic acids is 1. The number of hydrogen-bond acceptors (Lipinski definition) is 2. The average Bonchev–Trinajstić information content (AvgIpc) is 2.40. The fraction of sp³-hybridized carbons (Fsp3) is 0.500. The summed E-state index contributed by atoms with van der Waals surface area (Å²) in [7, 11) is 0. The highest BCUT2D eigenvalue weighted by molar-refractivity contribution is 5.76. The number of hydrogen-bond donors (Lipinski definition) is 2. The highest BCUT2D eigenvalue weighted by Gasteiger charge is 2.31. The number of nitrogens with one attached hydrogen (secondary N) is 1. The lowest BCUT2D eigenvalue weighted by molar-refractivity contribution is -0.137. The number of carbonyl (C=O) groups is 1. The first-order valence-corrected chi connectivity index (χ1v) is 6.70. The first kappa shape index (κ1) is 15.6. The van der Waals surface area contributed by atoms with E-state index in [1.807, 2.05) is 0 Å². The molecule has 1 amide bonds. The van der Waals surface area contributed by atoms with Crippen molar-refractivity contribution in [2.75, 3.05) is 5.32 Å². The van der Waals surface area contributed by atoms with Crippen LogP contribution in [0.4, 0.5) is 23.2 Å². The van der Waals surface area contributed by atoms with Gasteiger partial charge in [0, 0.05) is 12.0 Å². The Bertz CT molecular complexity index is 522. The lowest BCUT2D eigenvalue weighted by atomic mass is 9.85. The molecule has 1 saturated carbocycles. The minimum absolute atomic E-state index is 0.0468. The fourth-order valence-electron chi connectivity index (χ4n) is 2.55. The van der Waals surface area contributed by atoms with Crippen LogP contribution in [0, 0.1) is 11.7 Å². The van der Waals surface area contributed by atoms with Crippen LogP contribution < -0.4 is 11.1 Å². The zero-order valence-corrected chi connectivity index (χ0v) is 11.2. The molecule has 7 heteroatoms. The van der Waals surface area contributed by atoms with Crippen molar-refractivity contribution in [1.82, 2.24) is 0 Å². The molecule has 21 heavy (non-hydrogen) atoms. The molecular weight excluding hydrogens is 288 g/mol. The molecule has 0 radical (unpaired) electrons. The molecule has 3 N–H and O–H groups in total. The summed E-state index contributed by atoms with van der Waals surface area (Å²) in [5, 5.41) is 2.89. The lowest BCUT2D eigenvalue weighted by Gasteiger charge is -2.28. The summed E-state index contributed by atoms with van der Waals surface area (Å²) in [5.74, 6) is -1.43. The number of nitrogens with two attached hydrogens (primary N) is 1. The third-order valence-electron chi connectivity index (χ3n) is 3.79. The van der Waals surface area contributed by atoms with Gasteiger partial charge in [0.1, 0.15) is 5.82 Å². The van der Waals surface area contributed by atoms with Gasteiger partial charge in [0.25, 0.3) is 0 Å². The molecule has 3 nitrogen and oxygen atoms in total. The molecule has 1 aromatic carbocycles. The summed E-state index contributed by atoms with van der Waals surface area (Å²) in [4.78, 5) is 11.0. The quantitative estimate of drug-likeness (QED) is 0.842. The molecule has 1 aliphatic carbocycles. The van der Waals surface area contributed by atoms with Crippen LogP contribution in [-0.4, -0.2) is 11.9 Å². The van der Waals surface area contributed by atoms with Crippen molar-refractivity contribution in [2.24, 2.45) is 11.7 Å². The lowest BCUT2D eigenvalue weighted by Crippen LogP contribution is -2.32. The molecule has 116 valence electrons. The molecular formula is C14H16F4N2O. The van der Waals surface area contributed by atoms with Gasteiger partial charge in [-0.3, -0.25) is 4.79 Å². The van der Waals surface area contributed by atoms with E-state index in [1.165, 1.54) is 0 Å². The standard InChI is InChI=1S/C14H16F4N2O/c15-11-7-9(14(16,17)18)3-6-12(11)20-10-4-1-8(2-5-10)13(19)21/h3,6-8,10,20H,1-2,4-5H2,(H2,19,21). The topological polar surface area (TPSA) is 55.1 Å². The number of primary amides is 1. The first-order valence-electron chi connectivity index (χ1n) is 6.70. The zero-order chi connectivity index (χ0) is 15.6. The van der Waals surface area contributed by atoms with E-state index in [4.69, 9.17) is 5.73 Å². The van der Waals surface area contributed by atoms with Gasteiger partial charge in [-0.05, 0) is 43.9 Å². The number of halogens is 4. The van der Waals surface area contributed by atoms with Crippen molar-refractivity contribution >= 4 is 11.6 Å². The van der Waals surface area contributed by atoms with Crippen LogP contribution in [-0.2, 0) is 11.0 Å². The van der Waals surface area contributed by atoms with Crippen LogP contribution in [0.1, 0.15) is 31.2 Å². The zero-order valence-electron chi connectivity index (χ0n) is 11.2. The summed E-state index contributed by atoms with van der Waals surface area (Å²) in [6.07, 6.45) is -2.08. The highest BCUT2D eigenvalue weighted by Crippen LogP contribution is 2.32. The van der Waals surface area contributed by atoms with Crippen molar-refractivity contribution in [3.8, 4) is 0 Å². The minimum atomic E-state index is -4.56. The largest absolute Gasteiger partial charge is 0.416 e. The van der Waals surface area contributed by atoms with E-state index in [1.54, 1.807) is 0 Å². The maximum Gasteiger partial charge on any atom is 0.416 e. The molecule has 1 aromatic rings. The van der Waals surface area contributed by atoms with Crippen LogP contribution in [0.25, 0.3) is 0 Å². The van der Waals surface area contributed by atoms with Gasteiger partial charge in [-0.25, -0.2) is 4.39 Å². The van der Waals surface area contributed by atoms with Crippen molar-refractivity contribution in [3.63, 3.8) is 0 Å². The summed E-state index contributed by atoms with van der Waals surface area (Å²) >= 11 is 0. The molecule has 0 bridgehead atoms. The first-order chi connectivity index (χ1) is 9.77. The Morgan fingerprint density at radius 2 is 1.81 bits per heavy atom. The Labute approximate surface area is 119 Å². The second-order valence-corrected chi connectivity index (χ2v) is 5.29. The SMILES string of the molecule is NC(=O)C1CCC(Nc2ccc(C(F)(F)F)cc2F)CC1. The highest BCUT2D eigenvalue weighted by atomic mass is 19.4. The molecule has 1 aliphatic rings. The van der Waals surface area contributed by atoms with E-state index in [9.17, 15) is 22.4 Å². The van der Waals surface area contributed by atoms with E-state index >= 15 is 0 Å². The van der Waals surface area contributed by atoms with Gasteiger partial charge in [-0.15, -0.1) is 0 Å². The van der Waals surface area contributed by atoms with Crippen molar-refractivity contribution in [1.29, 1.82) is 0 Å². The van der Waals surface area contributed by atoms with Crippen molar-refractivity contribution < 1.29 is 22.4 Å². The Morgan fingerprint density at radius 3 is 2.29 bits per heavy atom. The summed E-state index contributed by atoms with van der Waals surface area (Å²) < 4.78 is 51.0. The summed E-state index contributed by atoms with van der Waals surface area (Å²) in [6.45, 7) is 0. The van der Waals surface area contributed by atoms with E-state index in [-0.39, 0.29) is 23.6 Å². The van der Waals surface area contributed by atoms with Crippen LogP contribution in [0.3, 0.4) is 0 Å². The predicted molar refractivity (Wildman–Crippen MR) is 70.0 cm³/mol. The molecule has 1 fully saturated rings. The van der Waals surface area contributed by atoms with Gasteiger partial charge in [0.2, 0.25) is 5.91 Å². The maximum atomic E-state index is 13.7. The predicted octanol–water partition coefficient (Wildman–Crippen LogP) is 3.30. The van der Waals surface area contributed by atoms with Crippen LogP contribution >= 0.6 is 0 Å². The third kappa shape index (κ3) is 3.86. The van der Waals surface area contributed by atoms with Crippen LogP contribution in [0.15, 0.2) is 18.2 Å². The normalized spacial score (nSPS) is 22.9. The van der Waals surface area contributed by atoms with Gasteiger partial charge in [-0.1, -0.05) is 0 Å². The number of alkyl halides is 3. The number of amides is 1. The van der Waals surface area contributed by atoms with Gasteiger partial charge >= 0.3 is 6.18 Å². The Morgan fingerprint density at radius 1 is 1.19 bits per heavy atom. The molecule has 0 aliphatic heterocycles. The fourth-order valence-corrected chi connectivity index (χ4v) is 2.55. The molecule has 0 atom stereocenters. The van der Waals surface area contributed by atoms with Gasteiger partial charge in [-0.2, -0.15) is 13.2 Å². The molecule has 0 aromatic heterocycles. The van der Waals surface area contributed by atoms with Crippen molar-refractivity contribution in [3.05, 3.63) is 29.6 Å². The molecule has 0 spiro atoms.